The Kier molecular flexibility index (Phi) is 4.57. The standard InChI is InChI=1S/C15H15F3N4O4/c16-15(17,18)9-1-2-10(11(7-9)22(25)26)20-3-5-21(6-4-20)12-8-13(23)19-14(12)24/h1-2,7,12H,3-6,8H2,(H,19,23,24)/t12-/m0/s1. The zero-order chi connectivity index (χ0) is 19.1. The predicted octanol–water partition coefficient (Wildman–Crippen LogP) is 1.15. The number of amides is 2. The Bertz CT molecular complexity index is 760. The first-order valence-corrected chi connectivity index (χ1v) is 7.85. The summed E-state index contributed by atoms with van der Waals surface area (Å²) in [6, 6.07) is 1.89. The van der Waals surface area contributed by atoms with Gasteiger partial charge in [0.2, 0.25) is 11.8 Å². The van der Waals surface area contributed by atoms with E-state index >= 15 is 0 Å². The fraction of sp³-hybridized carbons (Fsp3) is 0.467. The summed E-state index contributed by atoms with van der Waals surface area (Å²) in [5.41, 5.74) is -1.58. The number of nitrogens with zero attached hydrogens (tertiary/aromatic N) is 3. The molecule has 1 N–H and O–H groups in total. The monoisotopic (exact) mass is 372 g/mol. The van der Waals surface area contributed by atoms with Gasteiger partial charge < -0.3 is 4.90 Å². The van der Waals surface area contributed by atoms with Crippen molar-refractivity contribution in [3.05, 3.63) is 33.9 Å². The van der Waals surface area contributed by atoms with Crippen LogP contribution in [0, 0.1) is 10.1 Å². The van der Waals surface area contributed by atoms with Crippen molar-refractivity contribution in [3.63, 3.8) is 0 Å². The lowest BCUT2D eigenvalue weighted by molar-refractivity contribution is -0.384. The van der Waals surface area contributed by atoms with Gasteiger partial charge in [0.15, 0.2) is 0 Å². The Morgan fingerprint density at radius 3 is 2.31 bits per heavy atom. The number of anilines is 1. The Morgan fingerprint density at radius 1 is 1.15 bits per heavy atom. The fourth-order valence-corrected chi connectivity index (χ4v) is 3.22. The summed E-state index contributed by atoms with van der Waals surface area (Å²) in [7, 11) is 0. The number of hydrogen-bond acceptors (Lipinski definition) is 6. The van der Waals surface area contributed by atoms with Gasteiger partial charge in [0.1, 0.15) is 5.69 Å². The van der Waals surface area contributed by atoms with E-state index in [1.165, 1.54) is 0 Å². The SMILES string of the molecule is O=C1C[C@H](N2CCN(c3ccc(C(F)(F)F)cc3[N+](=O)[O-])CC2)C(=O)N1. The second kappa shape index (κ2) is 6.56. The second-order valence-electron chi connectivity index (χ2n) is 6.11. The van der Waals surface area contributed by atoms with Crippen molar-refractivity contribution >= 4 is 23.2 Å². The van der Waals surface area contributed by atoms with E-state index in [1.807, 2.05) is 0 Å². The number of piperazine rings is 1. The summed E-state index contributed by atoms with van der Waals surface area (Å²) < 4.78 is 38.4. The van der Waals surface area contributed by atoms with E-state index in [2.05, 4.69) is 5.32 Å². The third kappa shape index (κ3) is 3.47. The van der Waals surface area contributed by atoms with E-state index in [9.17, 15) is 32.9 Å². The van der Waals surface area contributed by atoms with Crippen LogP contribution in [0.3, 0.4) is 0 Å². The normalized spacial score (nSPS) is 21.8. The Morgan fingerprint density at radius 2 is 1.81 bits per heavy atom. The molecule has 0 saturated carbocycles. The smallest absolute Gasteiger partial charge is 0.363 e. The van der Waals surface area contributed by atoms with Crippen molar-refractivity contribution in [2.45, 2.75) is 18.6 Å². The summed E-state index contributed by atoms with van der Waals surface area (Å²) >= 11 is 0. The maximum atomic E-state index is 12.8. The number of nitrogens with one attached hydrogen (secondary N) is 1. The number of nitro benzene ring substituents is 1. The van der Waals surface area contributed by atoms with Crippen LogP contribution in [0.2, 0.25) is 0 Å². The van der Waals surface area contributed by atoms with Crippen molar-refractivity contribution in [3.8, 4) is 0 Å². The van der Waals surface area contributed by atoms with Crippen molar-refractivity contribution < 1.29 is 27.7 Å². The topological polar surface area (TPSA) is 95.8 Å². The number of imide groups is 1. The summed E-state index contributed by atoms with van der Waals surface area (Å²) in [4.78, 5) is 36.8. The lowest BCUT2D eigenvalue weighted by Crippen LogP contribution is -2.52. The first kappa shape index (κ1) is 18.1. The van der Waals surface area contributed by atoms with E-state index in [0.717, 1.165) is 12.1 Å². The van der Waals surface area contributed by atoms with Crippen LogP contribution in [0.25, 0.3) is 0 Å². The van der Waals surface area contributed by atoms with E-state index < -0.39 is 28.4 Å². The van der Waals surface area contributed by atoms with E-state index in [0.29, 0.717) is 32.2 Å². The molecule has 1 atom stereocenters. The Labute approximate surface area is 145 Å². The molecule has 11 heteroatoms. The molecule has 0 bridgehead atoms. The van der Waals surface area contributed by atoms with Gasteiger partial charge in [-0.05, 0) is 12.1 Å². The average molecular weight is 372 g/mol. The zero-order valence-corrected chi connectivity index (χ0v) is 13.5. The number of hydrogen-bond donors (Lipinski definition) is 1. The summed E-state index contributed by atoms with van der Waals surface area (Å²) in [5.74, 6) is -0.718. The molecule has 0 aromatic heterocycles. The largest absolute Gasteiger partial charge is 0.416 e. The van der Waals surface area contributed by atoms with Crippen molar-refractivity contribution in [1.82, 2.24) is 10.2 Å². The van der Waals surface area contributed by atoms with Gasteiger partial charge in [-0.2, -0.15) is 13.2 Å². The van der Waals surface area contributed by atoms with Gasteiger partial charge in [0.25, 0.3) is 5.69 Å². The molecular formula is C15H15F3N4O4. The highest BCUT2D eigenvalue weighted by Crippen LogP contribution is 2.36. The fourth-order valence-electron chi connectivity index (χ4n) is 3.22. The number of alkyl halides is 3. The van der Waals surface area contributed by atoms with E-state index in [1.54, 1.807) is 9.80 Å². The number of nitro groups is 1. The van der Waals surface area contributed by atoms with Crippen LogP contribution in [0.15, 0.2) is 18.2 Å². The highest BCUT2D eigenvalue weighted by molar-refractivity contribution is 6.05. The lowest BCUT2D eigenvalue weighted by Gasteiger charge is -2.37. The third-order valence-electron chi connectivity index (χ3n) is 4.54. The molecule has 2 saturated heterocycles. The molecule has 1 aromatic rings. The van der Waals surface area contributed by atoms with Crippen LogP contribution in [-0.4, -0.2) is 53.9 Å². The van der Waals surface area contributed by atoms with Gasteiger partial charge in [-0.1, -0.05) is 0 Å². The second-order valence-corrected chi connectivity index (χ2v) is 6.11. The molecular weight excluding hydrogens is 357 g/mol. The van der Waals surface area contributed by atoms with Crippen molar-refractivity contribution in [1.29, 1.82) is 0 Å². The quantitative estimate of drug-likeness (QED) is 0.486. The number of benzene rings is 1. The first-order valence-electron chi connectivity index (χ1n) is 7.85. The van der Waals surface area contributed by atoms with Crippen LogP contribution in [0.4, 0.5) is 24.5 Å². The molecule has 2 amide bonds. The molecule has 0 radical (unpaired) electrons. The van der Waals surface area contributed by atoms with Crippen LogP contribution in [-0.2, 0) is 15.8 Å². The van der Waals surface area contributed by atoms with Gasteiger partial charge in [-0.3, -0.25) is 29.9 Å². The van der Waals surface area contributed by atoms with Crippen LogP contribution < -0.4 is 10.2 Å². The number of carbonyl (C=O) groups is 2. The van der Waals surface area contributed by atoms with Crippen LogP contribution in [0.1, 0.15) is 12.0 Å². The molecule has 0 spiro atoms. The molecule has 140 valence electrons. The number of carbonyl (C=O) groups excluding carboxylic acids is 2. The molecule has 2 fully saturated rings. The first-order chi connectivity index (χ1) is 12.2. The van der Waals surface area contributed by atoms with Crippen molar-refractivity contribution in [2.75, 3.05) is 31.1 Å². The lowest BCUT2D eigenvalue weighted by atomic mass is 10.1. The summed E-state index contributed by atoms with van der Waals surface area (Å²) in [5, 5.41) is 13.4. The average Bonchev–Trinajstić information content (AvgIpc) is 2.92. The van der Waals surface area contributed by atoms with Gasteiger partial charge in [-0.25, -0.2) is 0 Å². The number of halogens is 3. The van der Waals surface area contributed by atoms with Crippen LogP contribution in [0.5, 0.6) is 0 Å². The number of rotatable bonds is 3. The third-order valence-corrected chi connectivity index (χ3v) is 4.54. The molecule has 8 nitrogen and oxygen atoms in total. The predicted molar refractivity (Wildman–Crippen MR) is 83.4 cm³/mol. The molecule has 2 heterocycles. The minimum atomic E-state index is -4.66. The maximum absolute atomic E-state index is 12.8. The minimum absolute atomic E-state index is 0.0687. The zero-order valence-electron chi connectivity index (χ0n) is 13.5. The molecule has 1 aromatic carbocycles. The van der Waals surface area contributed by atoms with Gasteiger partial charge in [0.05, 0.1) is 22.9 Å². The summed E-state index contributed by atoms with van der Waals surface area (Å²) in [6.45, 7) is 1.32. The van der Waals surface area contributed by atoms with Gasteiger partial charge in [0, 0.05) is 32.2 Å². The van der Waals surface area contributed by atoms with Gasteiger partial charge in [-0.15, -0.1) is 0 Å². The Balaban J connectivity index is 1.76. The van der Waals surface area contributed by atoms with Gasteiger partial charge >= 0.3 is 6.18 Å². The molecule has 2 aliphatic heterocycles. The van der Waals surface area contributed by atoms with Crippen LogP contribution >= 0.6 is 0 Å². The highest BCUT2D eigenvalue weighted by atomic mass is 19.4. The molecule has 0 unspecified atom stereocenters. The van der Waals surface area contributed by atoms with E-state index in [4.69, 9.17) is 0 Å². The maximum Gasteiger partial charge on any atom is 0.416 e. The highest BCUT2D eigenvalue weighted by Gasteiger charge is 2.38. The van der Waals surface area contributed by atoms with Crippen molar-refractivity contribution in [2.24, 2.45) is 0 Å². The summed E-state index contributed by atoms with van der Waals surface area (Å²) in [6.07, 6.45) is -4.59. The minimum Gasteiger partial charge on any atom is -0.363 e. The Hall–Kier alpha value is -2.69. The molecule has 26 heavy (non-hydrogen) atoms. The molecule has 0 aliphatic carbocycles. The molecule has 2 aliphatic rings. The molecule has 3 rings (SSSR count). The van der Waals surface area contributed by atoms with E-state index in [-0.39, 0.29) is 23.9 Å².